The molecule has 3 nitrogen and oxygen atoms in total. The summed E-state index contributed by atoms with van der Waals surface area (Å²) in [5, 5.41) is 0. The van der Waals surface area contributed by atoms with Crippen molar-refractivity contribution in [2.24, 2.45) is 11.1 Å². The number of aryl methyl sites for hydroxylation is 1. The van der Waals surface area contributed by atoms with Crippen LogP contribution in [0.3, 0.4) is 0 Å². The van der Waals surface area contributed by atoms with Gasteiger partial charge >= 0.3 is 0 Å². The van der Waals surface area contributed by atoms with Gasteiger partial charge in [-0.3, -0.25) is 0 Å². The summed E-state index contributed by atoms with van der Waals surface area (Å²) in [7, 11) is 0. The molecule has 0 aliphatic carbocycles. The molecular formula is C16H25N3. The van der Waals surface area contributed by atoms with E-state index >= 15 is 0 Å². The van der Waals surface area contributed by atoms with E-state index in [1.165, 1.54) is 43.9 Å². The Balaban J connectivity index is 1.60. The Morgan fingerprint density at radius 3 is 2.53 bits per heavy atom. The number of nitrogens with zero attached hydrogens (tertiary/aromatic N) is 2. The Morgan fingerprint density at radius 2 is 1.89 bits per heavy atom. The fraction of sp³-hybridized carbons (Fsp3) is 0.625. The molecule has 1 spiro atoms. The average Bonchev–Trinajstić information content (AvgIpc) is 2.84. The monoisotopic (exact) mass is 259 g/mol. The number of hydrogen-bond donors (Lipinski definition) is 1. The van der Waals surface area contributed by atoms with Gasteiger partial charge in [0.15, 0.2) is 0 Å². The second-order valence-electron chi connectivity index (χ2n) is 6.19. The Kier molecular flexibility index (Phi) is 3.50. The minimum atomic E-state index is 0.554. The lowest BCUT2D eigenvalue weighted by atomic mass is 9.79. The molecule has 1 aromatic rings. The number of hydrogen-bond acceptors (Lipinski definition) is 3. The van der Waals surface area contributed by atoms with Crippen molar-refractivity contribution in [2.45, 2.75) is 19.8 Å². The van der Waals surface area contributed by atoms with Crippen molar-refractivity contribution < 1.29 is 0 Å². The lowest BCUT2D eigenvalue weighted by Gasteiger charge is -2.48. The first-order valence-electron chi connectivity index (χ1n) is 7.51. The number of likely N-dealkylation sites (tertiary alicyclic amines) is 1. The zero-order chi connectivity index (χ0) is 13.3. The minimum absolute atomic E-state index is 0.554. The normalized spacial score (nSPS) is 21.9. The van der Waals surface area contributed by atoms with Gasteiger partial charge in [-0.15, -0.1) is 0 Å². The molecule has 2 heterocycles. The standard InChI is InChI=1S/C16H25N3/c1-2-14-3-5-15(6-4-14)19-9-7-16(13-19)11-18(12-16)10-8-17/h3-6H,2,7-13,17H2,1H3. The van der Waals surface area contributed by atoms with Gasteiger partial charge < -0.3 is 15.5 Å². The van der Waals surface area contributed by atoms with Gasteiger partial charge in [0.2, 0.25) is 0 Å². The molecule has 3 heteroatoms. The van der Waals surface area contributed by atoms with Gasteiger partial charge in [0, 0.05) is 50.4 Å². The molecular weight excluding hydrogens is 234 g/mol. The van der Waals surface area contributed by atoms with Crippen LogP contribution in [0.15, 0.2) is 24.3 Å². The molecule has 0 bridgehead atoms. The summed E-state index contributed by atoms with van der Waals surface area (Å²) >= 11 is 0. The van der Waals surface area contributed by atoms with E-state index in [-0.39, 0.29) is 0 Å². The topological polar surface area (TPSA) is 32.5 Å². The predicted molar refractivity (Wildman–Crippen MR) is 80.6 cm³/mol. The van der Waals surface area contributed by atoms with Crippen molar-refractivity contribution in [2.75, 3.05) is 44.2 Å². The molecule has 0 unspecified atom stereocenters. The van der Waals surface area contributed by atoms with Crippen LogP contribution in [-0.4, -0.2) is 44.2 Å². The van der Waals surface area contributed by atoms with Gasteiger partial charge in [0.05, 0.1) is 0 Å². The van der Waals surface area contributed by atoms with Crippen LogP contribution in [0.5, 0.6) is 0 Å². The Bertz CT molecular complexity index is 420. The summed E-state index contributed by atoms with van der Waals surface area (Å²) in [6.07, 6.45) is 2.46. The maximum Gasteiger partial charge on any atom is 0.0366 e. The molecule has 2 fully saturated rings. The summed E-state index contributed by atoms with van der Waals surface area (Å²) in [5.41, 5.74) is 8.99. The largest absolute Gasteiger partial charge is 0.371 e. The van der Waals surface area contributed by atoms with Gasteiger partial charge in [0.1, 0.15) is 0 Å². The van der Waals surface area contributed by atoms with E-state index in [4.69, 9.17) is 5.73 Å². The third kappa shape index (κ3) is 2.49. The number of benzene rings is 1. The minimum Gasteiger partial charge on any atom is -0.371 e. The van der Waals surface area contributed by atoms with Crippen LogP contribution in [0.2, 0.25) is 0 Å². The highest BCUT2D eigenvalue weighted by Gasteiger charge is 2.47. The van der Waals surface area contributed by atoms with Gasteiger partial charge in [-0.1, -0.05) is 19.1 Å². The van der Waals surface area contributed by atoms with Crippen molar-refractivity contribution in [3.8, 4) is 0 Å². The Hall–Kier alpha value is -1.06. The molecule has 3 rings (SSSR count). The molecule has 2 N–H and O–H groups in total. The van der Waals surface area contributed by atoms with Crippen molar-refractivity contribution in [1.29, 1.82) is 0 Å². The summed E-state index contributed by atoms with van der Waals surface area (Å²) in [5.74, 6) is 0. The Morgan fingerprint density at radius 1 is 1.16 bits per heavy atom. The number of rotatable bonds is 4. The van der Waals surface area contributed by atoms with E-state index in [0.29, 0.717) is 5.41 Å². The van der Waals surface area contributed by atoms with E-state index < -0.39 is 0 Å². The molecule has 2 aliphatic heterocycles. The summed E-state index contributed by atoms with van der Waals surface area (Å²) in [6.45, 7) is 8.98. The molecule has 0 saturated carbocycles. The van der Waals surface area contributed by atoms with E-state index in [1.807, 2.05) is 0 Å². The maximum atomic E-state index is 5.62. The van der Waals surface area contributed by atoms with E-state index in [1.54, 1.807) is 0 Å². The van der Waals surface area contributed by atoms with Gasteiger partial charge in [-0.05, 0) is 30.5 Å². The van der Waals surface area contributed by atoms with E-state index in [2.05, 4.69) is 41.0 Å². The lowest BCUT2D eigenvalue weighted by Crippen LogP contribution is -2.58. The van der Waals surface area contributed by atoms with E-state index in [0.717, 1.165) is 19.5 Å². The molecule has 104 valence electrons. The number of nitrogens with two attached hydrogens (primary N) is 1. The highest BCUT2D eigenvalue weighted by Crippen LogP contribution is 2.40. The van der Waals surface area contributed by atoms with Crippen LogP contribution in [0, 0.1) is 5.41 Å². The molecule has 2 saturated heterocycles. The highest BCUT2D eigenvalue weighted by molar-refractivity contribution is 5.49. The van der Waals surface area contributed by atoms with E-state index in [9.17, 15) is 0 Å². The first kappa shape index (κ1) is 12.9. The van der Waals surface area contributed by atoms with Gasteiger partial charge in [-0.25, -0.2) is 0 Å². The first-order valence-corrected chi connectivity index (χ1v) is 7.51. The van der Waals surface area contributed by atoms with Crippen LogP contribution in [0.4, 0.5) is 5.69 Å². The average molecular weight is 259 g/mol. The van der Waals surface area contributed by atoms with Crippen LogP contribution < -0.4 is 10.6 Å². The quantitative estimate of drug-likeness (QED) is 0.893. The summed E-state index contributed by atoms with van der Waals surface area (Å²) in [4.78, 5) is 5.04. The zero-order valence-corrected chi connectivity index (χ0v) is 11.9. The van der Waals surface area contributed by atoms with Gasteiger partial charge in [-0.2, -0.15) is 0 Å². The third-order valence-electron chi connectivity index (χ3n) is 4.71. The molecule has 0 aromatic heterocycles. The second kappa shape index (κ2) is 5.14. The van der Waals surface area contributed by atoms with Crippen molar-refractivity contribution in [3.63, 3.8) is 0 Å². The second-order valence-corrected chi connectivity index (χ2v) is 6.19. The number of anilines is 1. The van der Waals surface area contributed by atoms with Crippen LogP contribution >= 0.6 is 0 Å². The highest BCUT2D eigenvalue weighted by atomic mass is 15.3. The molecule has 0 atom stereocenters. The van der Waals surface area contributed by atoms with Crippen molar-refractivity contribution in [3.05, 3.63) is 29.8 Å². The van der Waals surface area contributed by atoms with Crippen LogP contribution in [0.25, 0.3) is 0 Å². The van der Waals surface area contributed by atoms with Crippen LogP contribution in [-0.2, 0) is 6.42 Å². The third-order valence-corrected chi connectivity index (χ3v) is 4.71. The summed E-state index contributed by atoms with van der Waals surface area (Å²) < 4.78 is 0. The molecule has 0 amide bonds. The van der Waals surface area contributed by atoms with Crippen molar-refractivity contribution in [1.82, 2.24) is 4.90 Å². The summed E-state index contributed by atoms with van der Waals surface area (Å²) in [6, 6.07) is 9.10. The first-order chi connectivity index (χ1) is 9.24. The smallest absolute Gasteiger partial charge is 0.0366 e. The SMILES string of the molecule is CCc1ccc(N2CCC3(CN(CCN)C3)C2)cc1. The fourth-order valence-corrected chi connectivity index (χ4v) is 3.60. The molecule has 1 aromatic carbocycles. The fourth-order valence-electron chi connectivity index (χ4n) is 3.60. The van der Waals surface area contributed by atoms with Crippen molar-refractivity contribution >= 4 is 5.69 Å². The zero-order valence-electron chi connectivity index (χ0n) is 11.9. The molecule has 2 aliphatic rings. The van der Waals surface area contributed by atoms with Gasteiger partial charge in [0.25, 0.3) is 0 Å². The van der Waals surface area contributed by atoms with Crippen LogP contribution in [0.1, 0.15) is 18.9 Å². The Labute approximate surface area is 116 Å². The lowest BCUT2D eigenvalue weighted by molar-refractivity contribution is 0.0213. The predicted octanol–water partition coefficient (Wildman–Crippen LogP) is 1.72. The molecule has 19 heavy (non-hydrogen) atoms. The maximum absolute atomic E-state index is 5.62. The molecule has 0 radical (unpaired) electrons.